The van der Waals surface area contributed by atoms with Gasteiger partial charge in [0.2, 0.25) is 0 Å². The molecule has 0 aliphatic rings. The number of benzene rings is 2. The molecule has 0 N–H and O–H groups in total. The molecule has 0 aromatic heterocycles. The lowest BCUT2D eigenvalue weighted by molar-refractivity contribution is 0.0979. The van der Waals surface area contributed by atoms with E-state index in [9.17, 15) is 10.1 Å². The van der Waals surface area contributed by atoms with E-state index in [2.05, 4.69) is 6.07 Å². The Morgan fingerprint density at radius 3 is 2.20 bits per heavy atom. The summed E-state index contributed by atoms with van der Waals surface area (Å²) in [5, 5.41) is 9.29. The second kappa shape index (κ2) is 6.03. The van der Waals surface area contributed by atoms with Gasteiger partial charge in [0.25, 0.3) is 0 Å². The Bertz CT molecular complexity index is 636. The summed E-state index contributed by atoms with van der Waals surface area (Å²) >= 11 is 0. The molecule has 0 radical (unpaired) electrons. The van der Waals surface area contributed by atoms with Crippen LogP contribution < -0.4 is 4.74 Å². The summed E-state index contributed by atoms with van der Waals surface area (Å²) in [6.07, 6.45) is 0. The maximum absolute atomic E-state index is 12.4. The smallest absolute Gasteiger partial charge is 0.184 e. The average Bonchev–Trinajstić information content (AvgIpc) is 2.50. The van der Waals surface area contributed by atoms with Crippen molar-refractivity contribution in [1.29, 1.82) is 5.26 Å². The van der Waals surface area contributed by atoms with E-state index in [0.717, 1.165) is 11.1 Å². The van der Waals surface area contributed by atoms with E-state index in [0.29, 0.717) is 11.3 Å². The first-order valence-electron chi connectivity index (χ1n) is 6.30. The number of rotatable bonds is 4. The number of ketones is 1. The fourth-order valence-electron chi connectivity index (χ4n) is 1.97. The van der Waals surface area contributed by atoms with E-state index >= 15 is 0 Å². The van der Waals surface area contributed by atoms with Crippen molar-refractivity contribution < 1.29 is 9.53 Å². The first-order valence-corrected chi connectivity index (χ1v) is 6.30. The largest absolute Gasteiger partial charge is 0.497 e. The van der Waals surface area contributed by atoms with Crippen LogP contribution in [-0.4, -0.2) is 12.9 Å². The van der Waals surface area contributed by atoms with Crippen LogP contribution in [0, 0.1) is 18.3 Å². The number of carbonyl (C=O) groups is 1. The third-order valence-corrected chi connectivity index (χ3v) is 3.18. The van der Waals surface area contributed by atoms with Crippen molar-refractivity contribution in [2.45, 2.75) is 12.8 Å². The summed E-state index contributed by atoms with van der Waals surface area (Å²) in [7, 11) is 1.57. The zero-order valence-corrected chi connectivity index (χ0v) is 11.5. The van der Waals surface area contributed by atoms with Gasteiger partial charge in [0, 0.05) is 5.56 Å². The quantitative estimate of drug-likeness (QED) is 0.795. The number of methoxy groups -OCH3 is 1. The number of carbonyl (C=O) groups excluding carboxylic acids is 1. The Kier molecular flexibility index (Phi) is 4.17. The molecular weight excluding hydrogens is 250 g/mol. The summed E-state index contributed by atoms with van der Waals surface area (Å²) < 4.78 is 5.06. The van der Waals surface area contributed by atoms with Gasteiger partial charge >= 0.3 is 0 Å². The van der Waals surface area contributed by atoms with Gasteiger partial charge in [-0.15, -0.1) is 0 Å². The van der Waals surface area contributed by atoms with Crippen LogP contribution in [0.5, 0.6) is 5.75 Å². The topological polar surface area (TPSA) is 50.1 Å². The number of hydrogen-bond donors (Lipinski definition) is 0. The molecule has 100 valence electrons. The SMILES string of the molecule is COc1ccc(C(=O)C(C#N)c2ccc(C)cc2)cc1. The first kappa shape index (κ1) is 13.8. The van der Waals surface area contributed by atoms with Crippen LogP contribution in [0.4, 0.5) is 0 Å². The zero-order chi connectivity index (χ0) is 14.5. The number of hydrogen-bond acceptors (Lipinski definition) is 3. The van der Waals surface area contributed by atoms with E-state index in [1.165, 1.54) is 0 Å². The molecule has 0 spiro atoms. The fourth-order valence-corrected chi connectivity index (χ4v) is 1.97. The van der Waals surface area contributed by atoms with Gasteiger partial charge in [-0.3, -0.25) is 4.79 Å². The summed E-state index contributed by atoms with van der Waals surface area (Å²) in [4.78, 5) is 12.4. The predicted octanol–water partition coefficient (Wildman–Crippen LogP) is 3.49. The summed E-state index contributed by atoms with van der Waals surface area (Å²) in [5.74, 6) is -0.284. The molecule has 0 fully saturated rings. The number of ether oxygens (including phenoxy) is 1. The highest BCUT2D eigenvalue weighted by Crippen LogP contribution is 2.22. The van der Waals surface area contributed by atoms with Gasteiger partial charge in [0.05, 0.1) is 13.2 Å². The van der Waals surface area contributed by atoms with E-state index in [4.69, 9.17) is 4.74 Å². The van der Waals surface area contributed by atoms with Crippen molar-refractivity contribution in [3.63, 3.8) is 0 Å². The third kappa shape index (κ3) is 2.86. The number of nitrogens with zero attached hydrogens (tertiary/aromatic N) is 1. The molecule has 2 aromatic rings. The standard InChI is InChI=1S/C17H15NO2/c1-12-3-5-13(6-4-12)16(11-18)17(19)14-7-9-15(20-2)10-8-14/h3-10,16H,1-2H3. The third-order valence-electron chi connectivity index (χ3n) is 3.18. The van der Waals surface area contributed by atoms with Crippen LogP contribution in [0.3, 0.4) is 0 Å². The molecule has 0 aliphatic carbocycles. The van der Waals surface area contributed by atoms with Crippen LogP contribution in [0.2, 0.25) is 0 Å². The number of nitriles is 1. The molecule has 0 saturated carbocycles. The molecule has 0 heterocycles. The van der Waals surface area contributed by atoms with Crippen LogP contribution in [0.1, 0.15) is 27.4 Å². The average molecular weight is 265 g/mol. The summed E-state index contributed by atoms with van der Waals surface area (Å²) in [5.41, 5.74) is 2.33. The minimum absolute atomic E-state index is 0.195. The van der Waals surface area contributed by atoms with Gasteiger partial charge in [0.1, 0.15) is 11.7 Å². The predicted molar refractivity (Wildman–Crippen MR) is 76.9 cm³/mol. The summed E-state index contributed by atoms with van der Waals surface area (Å²) in [6, 6.07) is 16.3. The fraction of sp³-hybridized carbons (Fsp3) is 0.176. The normalized spacial score (nSPS) is 11.4. The highest BCUT2D eigenvalue weighted by molar-refractivity contribution is 6.02. The van der Waals surface area contributed by atoms with Gasteiger partial charge < -0.3 is 4.74 Å². The lowest BCUT2D eigenvalue weighted by atomic mass is 9.91. The van der Waals surface area contributed by atoms with E-state index in [-0.39, 0.29) is 5.78 Å². The van der Waals surface area contributed by atoms with Crippen molar-refractivity contribution in [2.24, 2.45) is 0 Å². The Morgan fingerprint density at radius 1 is 1.10 bits per heavy atom. The maximum atomic E-state index is 12.4. The molecular formula is C17H15NO2. The molecule has 0 amide bonds. The Morgan fingerprint density at radius 2 is 1.70 bits per heavy atom. The highest BCUT2D eigenvalue weighted by atomic mass is 16.5. The number of aryl methyl sites for hydroxylation is 1. The van der Waals surface area contributed by atoms with Gasteiger partial charge in [-0.05, 0) is 36.8 Å². The van der Waals surface area contributed by atoms with Gasteiger partial charge in [-0.1, -0.05) is 29.8 Å². The maximum Gasteiger partial charge on any atom is 0.184 e. The zero-order valence-electron chi connectivity index (χ0n) is 11.5. The van der Waals surface area contributed by atoms with Crippen molar-refractivity contribution in [3.05, 3.63) is 65.2 Å². The van der Waals surface area contributed by atoms with Crippen molar-refractivity contribution in [1.82, 2.24) is 0 Å². The van der Waals surface area contributed by atoms with Crippen LogP contribution >= 0.6 is 0 Å². The Labute approximate surface area is 118 Å². The second-order valence-corrected chi connectivity index (χ2v) is 4.57. The van der Waals surface area contributed by atoms with Gasteiger partial charge in [-0.25, -0.2) is 0 Å². The van der Waals surface area contributed by atoms with Crippen LogP contribution in [0.15, 0.2) is 48.5 Å². The molecule has 0 bridgehead atoms. The van der Waals surface area contributed by atoms with Crippen molar-refractivity contribution >= 4 is 5.78 Å². The minimum atomic E-state index is -0.774. The van der Waals surface area contributed by atoms with Crippen LogP contribution in [0.25, 0.3) is 0 Å². The molecule has 1 unspecified atom stereocenters. The van der Waals surface area contributed by atoms with E-state index in [1.54, 1.807) is 31.4 Å². The van der Waals surface area contributed by atoms with E-state index in [1.807, 2.05) is 31.2 Å². The molecule has 1 atom stereocenters. The molecule has 20 heavy (non-hydrogen) atoms. The lowest BCUT2D eigenvalue weighted by Gasteiger charge is -2.09. The highest BCUT2D eigenvalue weighted by Gasteiger charge is 2.21. The van der Waals surface area contributed by atoms with Gasteiger partial charge in [0.15, 0.2) is 5.78 Å². The van der Waals surface area contributed by atoms with Crippen molar-refractivity contribution in [2.75, 3.05) is 7.11 Å². The Balaban J connectivity index is 2.29. The Hall–Kier alpha value is -2.60. The first-order chi connectivity index (χ1) is 9.65. The minimum Gasteiger partial charge on any atom is -0.497 e. The monoisotopic (exact) mass is 265 g/mol. The molecule has 3 nitrogen and oxygen atoms in total. The molecule has 2 aromatic carbocycles. The van der Waals surface area contributed by atoms with Gasteiger partial charge in [-0.2, -0.15) is 5.26 Å². The summed E-state index contributed by atoms with van der Waals surface area (Å²) in [6.45, 7) is 1.97. The lowest BCUT2D eigenvalue weighted by Crippen LogP contribution is -2.11. The second-order valence-electron chi connectivity index (χ2n) is 4.57. The molecule has 2 rings (SSSR count). The molecule has 0 aliphatic heterocycles. The van der Waals surface area contributed by atoms with Crippen molar-refractivity contribution in [3.8, 4) is 11.8 Å². The molecule has 3 heteroatoms. The molecule has 0 saturated heterocycles. The number of Topliss-reactive ketones (excluding diaryl/α,β-unsaturated/α-hetero) is 1. The van der Waals surface area contributed by atoms with E-state index < -0.39 is 5.92 Å². The van der Waals surface area contributed by atoms with Crippen LogP contribution in [-0.2, 0) is 0 Å².